The molecule has 2 aromatic heterocycles. The van der Waals surface area contributed by atoms with Gasteiger partial charge in [-0.1, -0.05) is 133 Å². The lowest BCUT2D eigenvalue weighted by Gasteiger charge is -2.16. The number of allylic oxidation sites excluding steroid dienone is 2. The van der Waals surface area contributed by atoms with Gasteiger partial charge in [0, 0.05) is 32.9 Å². The molecule has 9 rings (SSSR count). The number of nitrogens with zero attached hydrogens (tertiary/aromatic N) is 2. The van der Waals surface area contributed by atoms with Gasteiger partial charge in [0.05, 0.1) is 22.1 Å². The highest BCUT2D eigenvalue weighted by molar-refractivity contribution is 6.10. The van der Waals surface area contributed by atoms with E-state index in [0.29, 0.717) is 0 Å². The minimum absolute atomic E-state index is 0.866. The molecule has 2 heteroatoms. The first-order valence-corrected chi connectivity index (χ1v) is 16.7. The Morgan fingerprint density at radius 3 is 1.29 bits per heavy atom. The second-order valence-electron chi connectivity index (χ2n) is 12.6. The Morgan fingerprint density at radius 1 is 0.438 bits per heavy atom. The summed E-state index contributed by atoms with van der Waals surface area (Å²) < 4.78 is 4.86. The SMILES string of the molecule is C/C(=C\Cc1ccc(-c2ccccc2)cc1)c1cc(-n2c3ccccc3c3ccccc32)cc(-n2c3ccccc3c3ccccc32)c1. The van der Waals surface area contributed by atoms with Crippen LogP contribution >= 0.6 is 0 Å². The van der Waals surface area contributed by atoms with Gasteiger partial charge in [0.1, 0.15) is 0 Å². The minimum Gasteiger partial charge on any atom is -0.309 e. The molecule has 228 valence electrons. The molecule has 0 spiro atoms. The molecular weight excluding hydrogens is 581 g/mol. The average molecular weight is 615 g/mol. The van der Waals surface area contributed by atoms with Crippen LogP contribution in [0.15, 0.2) is 176 Å². The van der Waals surface area contributed by atoms with Crippen molar-refractivity contribution in [2.24, 2.45) is 0 Å². The number of rotatable bonds is 6. The van der Waals surface area contributed by atoms with Gasteiger partial charge in [0.2, 0.25) is 0 Å². The summed E-state index contributed by atoms with van der Waals surface area (Å²) in [5, 5.41) is 5.07. The summed E-state index contributed by atoms with van der Waals surface area (Å²) >= 11 is 0. The Labute approximate surface area is 280 Å². The minimum atomic E-state index is 0.866. The lowest BCUT2D eigenvalue weighted by molar-refractivity contribution is 1.13. The molecule has 9 aromatic rings. The number of hydrogen-bond acceptors (Lipinski definition) is 0. The fourth-order valence-corrected chi connectivity index (χ4v) is 7.34. The van der Waals surface area contributed by atoms with Gasteiger partial charge >= 0.3 is 0 Å². The Hall–Kier alpha value is -6.12. The summed E-state index contributed by atoms with van der Waals surface area (Å²) in [7, 11) is 0. The Kier molecular flexibility index (Phi) is 6.80. The monoisotopic (exact) mass is 614 g/mol. The van der Waals surface area contributed by atoms with Crippen molar-refractivity contribution in [1.82, 2.24) is 9.13 Å². The van der Waals surface area contributed by atoms with Gasteiger partial charge in [0.25, 0.3) is 0 Å². The van der Waals surface area contributed by atoms with Gasteiger partial charge in [-0.15, -0.1) is 0 Å². The molecule has 0 fully saturated rings. The normalized spacial score (nSPS) is 12.1. The Bertz CT molecular complexity index is 2390. The summed E-state index contributed by atoms with van der Waals surface area (Å²) in [4.78, 5) is 0. The van der Waals surface area contributed by atoms with Crippen LogP contribution < -0.4 is 0 Å². The molecule has 48 heavy (non-hydrogen) atoms. The molecule has 0 N–H and O–H groups in total. The largest absolute Gasteiger partial charge is 0.309 e. The summed E-state index contributed by atoms with van der Waals surface area (Å²) in [6.07, 6.45) is 3.24. The molecule has 0 radical (unpaired) electrons. The van der Waals surface area contributed by atoms with Crippen LogP contribution in [-0.4, -0.2) is 9.13 Å². The molecule has 2 heterocycles. The standard InChI is InChI=1S/C46H34N2/c1-32(23-24-33-25-27-35(28-26-33)34-13-3-2-4-14-34)36-29-37(47-43-19-9-5-15-39(43)40-16-6-10-20-44(40)47)31-38(30-36)48-45-21-11-7-17-41(45)42-18-8-12-22-46(42)48/h2-23,25-31H,24H2,1H3/b32-23+. The van der Waals surface area contributed by atoms with Crippen molar-refractivity contribution in [3.63, 3.8) is 0 Å². The summed E-state index contributed by atoms with van der Waals surface area (Å²) in [6, 6.07) is 61.7. The molecule has 0 aliphatic rings. The smallest absolute Gasteiger partial charge is 0.0541 e. The van der Waals surface area contributed by atoms with Crippen molar-refractivity contribution in [3.05, 3.63) is 187 Å². The molecule has 7 aromatic carbocycles. The van der Waals surface area contributed by atoms with Crippen molar-refractivity contribution >= 4 is 49.2 Å². The molecule has 0 atom stereocenters. The predicted octanol–water partition coefficient (Wildman–Crippen LogP) is 12.2. The van der Waals surface area contributed by atoms with E-state index < -0.39 is 0 Å². The van der Waals surface area contributed by atoms with Crippen LogP contribution in [0.1, 0.15) is 18.1 Å². The van der Waals surface area contributed by atoms with E-state index in [1.54, 1.807) is 0 Å². The first kappa shape index (κ1) is 28.1. The van der Waals surface area contributed by atoms with E-state index in [-0.39, 0.29) is 0 Å². The van der Waals surface area contributed by atoms with Crippen LogP contribution in [0, 0.1) is 0 Å². The van der Waals surface area contributed by atoms with E-state index in [9.17, 15) is 0 Å². The van der Waals surface area contributed by atoms with E-state index in [2.05, 4.69) is 192 Å². The second-order valence-corrected chi connectivity index (χ2v) is 12.6. The highest BCUT2D eigenvalue weighted by atomic mass is 15.0. The van der Waals surface area contributed by atoms with E-state index in [1.165, 1.54) is 71.4 Å². The topological polar surface area (TPSA) is 9.86 Å². The number of benzene rings is 7. The van der Waals surface area contributed by atoms with Crippen LogP contribution in [0.4, 0.5) is 0 Å². The maximum absolute atomic E-state index is 2.43. The van der Waals surface area contributed by atoms with Crippen molar-refractivity contribution < 1.29 is 0 Å². The van der Waals surface area contributed by atoms with Crippen LogP contribution in [-0.2, 0) is 6.42 Å². The number of aromatic nitrogens is 2. The first-order chi connectivity index (χ1) is 23.7. The van der Waals surface area contributed by atoms with Crippen molar-refractivity contribution in [2.75, 3.05) is 0 Å². The zero-order chi connectivity index (χ0) is 32.0. The molecule has 0 amide bonds. The zero-order valence-corrected chi connectivity index (χ0v) is 26.8. The molecular formula is C46H34N2. The van der Waals surface area contributed by atoms with E-state index >= 15 is 0 Å². The maximum Gasteiger partial charge on any atom is 0.0541 e. The van der Waals surface area contributed by atoms with Crippen LogP contribution in [0.2, 0.25) is 0 Å². The summed E-state index contributed by atoms with van der Waals surface area (Å²) in [6.45, 7) is 2.25. The number of fused-ring (bicyclic) bond motifs is 6. The maximum atomic E-state index is 2.43. The van der Waals surface area contributed by atoms with E-state index in [1.807, 2.05) is 0 Å². The molecule has 0 aliphatic carbocycles. The lowest BCUT2D eigenvalue weighted by atomic mass is 10.00. The van der Waals surface area contributed by atoms with Crippen LogP contribution in [0.3, 0.4) is 0 Å². The van der Waals surface area contributed by atoms with Gasteiger partial charge < -0.3 is 9.13 Å². The third-order valence-corrected chi connectivity index (χ3v) is 9.74. The highest BCUT2D eigenvalue weighted by Crippen LogP contribution is 2.37. The Balaban J connectivity index is 1.22. The van der Waals surface area contributed by atoms with Gasteiger partial charge in [-0.2, -0.15) is 0 Å². The van der Waals surface area contributed by atoms with Crippen LogP contribution in [0.5, 0.6) is 0 Å². The summed E-state index contributed by atoms with van der Waals surface area (Å²) in [5.74, 6) is 0. The second kappa shape index (κ2) is 11.6. The fraction of sp³-hybridized carbons (Fsp3) is 0.0435. The van der Waals surface area contributed by atoms with Crippen molar-refractivity contribution in [3.8, 4) is 22.5 Å². The van der Waals surface area contributed by atoms with Gasteiger partial charge in [-0.3, -0.25) is 0 Å². The lowest BCUT2D eigenvalue weighted by Crippen LogP contribution is -2.01. The third-order valence-electron chi connectivity index (χ3n) is 9.74. The number of hydrogen-bond donors (Lipinski definition) is 0. The van der Waals surface area contributed by atoms with E-state index in [0.717, 1.165) is 17.8 Å². The van der Waals surface area contributed by atoms with Gasteiger partial charge in [0.15, 0.2) is 0 Å². The van der Waals surface area contributed by atoms with Gasteiger partial charge in [-0.25, -0.2) is 0 Å². The third kappa shape index (κ3) is 4.73. The molecule has 0 unspecified atom stereocenters. The summed E-state index contributed by atoms with van der Waals surface area (Å²) in [5.41, 5.74) is 13.4. The van der Waals surface area contributed by atoms with E-state index in [4.69, 9.17) is 0 Å². The molecule has 0 bridgehead atoms. The fourth-order valence-electron chi connectivity index (χ4n) is 7.34. The average Bonchev–Trinajstić information content (AvgIpc) is 3.67. The van der Waals surface area contributed by atoms with Crippen molar-refractivity contribution in [2.45, 2.75) is 13.3 Å². The quantitative estimate of drug-likeness (QED) is 0.176. The van der Waals surface area contributed by atoms with Gasteiger partial charge in [-0.05, 0) is 83.6 Å². The highest BCUT2D eigenvalue weighted by Gasteiger charge is 2.17. The number of para-hydroxylation sites is 4. The Morgan fingerprint density at radius 2 is 0.833 bits per heavy atom. The first-order valence-electron chi connectivity index (χ1n) is 16.7. The zero-order valence-electron chi connectivity index (χ0n) is 26.8. The van der Waals surface area contributed by atoms with Crippen LogP contribution in [0.25, 0.3) is 71.7 Å². The predicted molar refractivity (Wildman–Crippen MR) is 204 cm³/mol. The molecule has 0 saturated carbocycles. The molecule has 0 saturated heterocycles. The molecule has 0 aliphatic heterocycles. The van der Waals surface area contributed by atoms with Crippen molar-refractivity contribution in [1.29, 1.82) is 0 Å². The molecule has 2 nitrogen and oxygen atoms in total.